The first-order valence-corrected chi connectivity index (χ1v) is 6.26. The Morgan fingerprint density at radius 1 is 1.44 bits per heavy atom. The Labute approximate surface area is 109 Å². The van der Waals surface area contributed by atoms with E-state index in [-0.39, 0.29) is 30.8 Å². The maximum absolute atomic E-state index is 11.7. The predicted octanol–water partition coefficient (Wildman–Crippen LogP) is -0.275. The van der Waals surface area contributed by atoms with Crippen LogP contribution in [-0.2, 0) is 14.3 Å². The Bertz CT molecular complexity index is 259. The summed E-state index contributed by atoms with van der Waals surface area (Å²) in [5.74, 6) is -0.287. The van der Waals surface area contributed by atoms with Gasteiger partial charge in [-0.2, -0.15) is 0 Å². The van der Waals surface area contributed by atoms with Gasteiger partial charge >= 0.3 is 0 Å². The molecule has 0 aromatic heterocycles. The van der Waals surface area contributed by atoms with Crippen LogP contribution in [0.1, 0.15) is 26.2 Å². The van der Waals surface area contributed by atoms with Gasteiger partial charge in [-0.25, -0.2) is 0 Å². The SMILES string of the molecule is CCCC(N)CC(=O)N(C)CC(=O)NCCOC. The third-order valence-electron chi connectivity index (χ3n) is 2.53. The third kappa shape index (κ3) is 8.03. The molecule has 0 aliphatic carbocycles. The van der Waals surface area contributed by atoms with Crippen molar-refractivity contribution in [2.24, 2.45) is 5.73 Å². The molecule has 0 aromatic carbocycles. The van der Waals surface area contributed by atoms with Crippen LogP contribution in [0.2, 0.25) is 0 Å². The number of methoxy groups -OCH3 is 1. The minimum atomic E-state index is -0.188. The molecule has 106 valence electrons. The van der Waals surface area contributed by atoms with Crippen LogP contribution in [0.25, 0.3) is 0 Å². The Morgan fingerprint density at radius 2 is 2.11 bits per heavy atom. The van der Waals surface area contributed by atoms with Crippen LogP contribution < -0.4 is 11.1 Å². The monoisotopic (exact) mass is 259 g/mol. The number of rotatable bonds is 9. The lowest BCUT2D eigenvalue weighted by Crippen LogP contribution is -2.41. The minimum absolute atomic E-state index is 0.0569. The van der Waals surface area contributed by atoms with Gasteiger partial charge in [-0.1, -0.05) is 13.3 Å². The topological polar surface area (TPSA) is 84.7 Å². The largest absolute Gasteiger partial charge is 0.383 e. The lowest BCUT2D eigenvalue weighted by Gasteiger charge is -2.19. The summed E-state index contributed by atoms with van der Waals surface area (Å²) in [6.45, 7) is 3.00. The second-order valence-corrected chi connectivity index (χ2v) is 4.35. The van der Waals surface area contributed by atoms with E-state index in [4.69, 9.17) is 10.5 Å². The molecule has 0 aromatic rings. The second kappa shape index (κ2) is 9.85. The van der Waals surface area contributed by atoms with Crippen LogP contribution in [0.15, 0.2) is 0 Å². The fourth-order valence-corrected chi connectivity index (χ4v) is 1.50. The van der Waals surface area contributed by atoms with Gasteiger partial charge in [0.25, 0.3) is 0 Å². The van der Waals surface area contributed by atoms with Crippen LogP contribution in [0.5, 0.6) is 0 Å². The zero-order valence-corrected chi connectivity index (χ0v) is 11.6. The first kappa shape index (κ1) is 16.9. The van der Waals surface area contributed by atoms with Crippen LogP contribution in [0.3, 0.4) is 0 Å². The molecule has 1 unspecified atom stereocenters. The molecule has 0 rings (SSSR count). The fourth-order valence-electron chi connectivity index (χ4n) is 1.50. The molecule has 0 bridgehead atoms. The lowest BCUT2D eigenvalue weighted by molar-refractivity contribution is -0.135. The molecule has 0 saturated carbocycles. The van der Waals surface area contributed by atoms with E-state index in [9.17, 15) is 9.59 Å². The second-order valence-electron chi connectivity index (χ2n) is 4.35. The standard InChI is InChI=1S/C12H25N3O3/c1-4-5-10(13)8-12(17)15(2)9-11(16)14-6-7-18-3/h10H,4-9,13H2,1-3H3,(H,14,16). The van der Waals surface area contributed by atoms with E-state index in [2.05, 4.69) is 5.32 Å². The molecule has 0 spiro atoms. The molecule has 18 heavy (non-hydrogen) atoms. The number of likely N-dealkylation sites (N-methyl/N-ethyl adjacent to an activating group) is 1. The maximum Gasteiger partial charge on any atom is 0.239 e. The number of amides is 2. The average Bonchev–Trinajstić information content (AvgIpc) is 2.29. The van der Waals surface area contributed by atoms with Gasteiger partial charge in [-0.3, -0.25) is 9.59 Å². The molecule has 0 aliphatic rings. The van der Waals surface area contributed by atoms with E-state index in [0.29, 0.717) is 13.2 Å². The van der Waals surface area contributed by atoms with Crippen LogP contribution in [-0.4, -0.2) is 56.6 Å². The first-order chi connectivity index (χ1) is 8.51. The molecule has 6 heteroatoms. The number of nitrogens with two attached hydrogens (primary N) is 1. The molecule has 0 heterocycles. The zero-order valence-electron chi connectivity index (χ0n) is 11.6. The van der Waals surface area contributed by atoms with Crippen molar-refractivity contribution in [3.8, 4) is 0 Å². The average molecular weight is 259 g/mol. The number of nitrogens with zero attached hydrogens (tertiary/aromatic N) is 1. The highest BCUT2D eigenvalue weighted by Crippen LogP contribution is 2.01. The number of carbonyl (C=O) groups excluding carboxylic acids is 2. The minimum Gasteiger partial charge on any atom is -0.383 e. The van der Waals surface area contributed by atoms with Gasteiger partial charge in [0.15, 0.2) is 0 Å². The number of ether oxygens (including phenoxy) is 1. The van der Waals surface area contributed by atoms with Crippen molar-refractivity contribution in [2.75, 3.05) is 33.9 Å². The first-order valence-electron chi connectivity index (χ1n) is 6.26. The van der Waals surface area contributed by atoms with Crippen molar-refractivity contribution < 1.29 is 14.3 Å². The van der Waals surface area contributed by atoms with E-state index < -0.39 is 0 Å². The molecular weight excluding hydrogens is 234 g/mol. The van der Waals surface area contributed by atoms with Gasteiger partial charge in [0.05, 0.1) is 13.2 Å². The van der Waals surface area contributed by atoms with Gasteiger partial charge < -0.3 is 20.7 Å². The van der Waals surface area contributed by atoms with E-state index in [1.807, 2.05) is 6.92 Å². The highest BCUT2D eigenvalue weighted by atomic mass is 16.5. The van der Waals surface area contributed by atoms with Crippen molar-refractivity contribution in [1.82, 2.24) is 10.2 Å². The molecule has 3 N–H and O–H groups in total. The smallest absolute Gasteiger partial charge is 0.239 e. The Balaban J connectivity index is 3.88. The molecule has 0 saturated heterocycles. The number of nitrogens with one attached hydrogen (secondary N) is 1. The van der Waals surface area contributed by atoms with Gasteiger partial charge in [0.2, 0.25) is 11.8 Å². The highest BCUT2D eigenvalue weighted by Gasteiger charge is 2.15. The molecule has 2 amide bonds. The molecular formula is C12H25N3O3. The molecule has 0 radical (unpaired) electrons. The summed E-state index contributed by atoms with van der Waals surface area (Å²) >= 11 is 0. The summed E-state index contributed by atoms with van der Waals surface area (Å²) in [5.41, 5.74) is 5.79. The van der Waals surface area contributed by atoms with Gasteiger partial charge in [0.1, 0.15) is 0 Å². The quantitative estimate of drug-likeness (QED) is 0.558. The maximum atomic E-state index is 11.7. The third-order valence-corrected chi connectivity index (χ3v) is 2.53. The van der Waals surface area contributed by atoms with Crippen LogP contribution >= 0.6 is 0 Å². The van der Waals surface area contributed by atoms with Gasteiger partial charge in [0, 0.05) is 33.2 Å². The fraction of sp³-hybridized carbons (Fsp3) is 0.833. The van der Waals surface area contributed by atoms with E-state index in [1.165, 1.54) is 4.90 Å². The zero-order chi connectivity index (χ0) is 14.0. The number of hydrogen-bond donors (Lipinski definition) is 2. The van der Waals surface area contributed by atoms with Crippen molar-refractivity contribution in [3.63, 3.8) is 0 Å². The Morgan fingerprint density at radius 3 is 2.67 bits per heavy atom. The summed E-state index contributed by atoms with van der Waals surface area (Å²) < 4.78 is 4.81. The predicted molar refractivity (Wildman–Crippen MR) is 70.0 cm³/mol. The normalized spacial score (nSPS) is 12.0. The summed E-state index contributed by atoms with van der Waals surface area (Å²) in [6, 6.07) is -0.124. The van der Waals surface area contributed by atoms with E-state index >= 15 is 0 Å². The Kier molecular flexibility index (Phi) is 9.22. The summed E-state index contributed by atoms with van der Waals surface area (Å²) in [4.78, 5) is 24.6. The summed E-state index contributed by atoms with van der Waals surface area (Å²) in [7, 11) is 3.17. The molecule has 1 atom stereocenters. The van der Waals surface area contributed by atoms with Crippen LogP contribution in [0.4, 0.5) is 0 Å². The van der Waals surface area contributed by atoms with Crippen molar-refractivity contribution >= 4 is 11.8 Å². The van der Waals surface area contributed by atoms with E-state index in [1.54, 1.807) is 14.2 Å². The molecule has 0 aliphatic heterocycles. The number of carbonyl (C=O) groups is 2. The summed E-state index contributed by atoms with van der Waals surface area (Å²) in [5, 5.41) is 2.66. The van der Waals surface area contributed by atoms with Crippen molar-refractivity contribution in [3.05, 3.63) is 0 Å². The van der Waals surface area contributed by atoms with Gasteiger partial charge in [-0.05, 0) is 6.42 Å². The highest BCUT2D eigenvalue weighted by molar-refractivity contribution is 5.84. The van der Waals surface area contributed by atoms with Crippen molar-refractivity contribution in [1.29, 1.82) is 0 Å². The van der Waals surface area contributed by atoms with E-state index in [0.717, 1.165) is 12.8 Å². The van der Waals surface area contributed by atoms with Crippen molar-refractivity contribution in [2.45, 2.75) is 32.2 Å². The molecule has 0 fully saturated rings. The Hall–Kier alpha value is -1.14. The summed E-state index contributed by atoms with van der Waals surface area (Å²) in [6.07, 6.45) is 2.06. The van der Waals surface area contributed by atoms with Gasteiger partial charge in [-0.15, -0.1) is 0 Å². The lowest BCUT2D eigenvalue weighted by atomic mass is 10.1. The molecule has 6 nitrogen and oxygen atoms in total. The van der Waals surface area contributed by atoms with Crippen LogP contribution in [0, 0.1) is 0 Å². The number of hydrogen-bond acceptors (Lipinski definition) is 4.